The standard InChI is InChI=1S/C13H24N2O2.ClH/c1-12(2)10(6-13(12,3)17-5)15(4)11(16)9-7-14-8-9;/h9-10,14H,6-8H2,1-5H3;1H. The lowest BCUT2D eigenvalue weighted by molar-refractivity contribution is -0.208. The highest BCUT2D eigenvalue weighted by molar-refractivity contribution is 5.85. The summed E-state index contributed by atoms with van der Waals surface area (Å²) in [4.78, 5) is 14.1. The molecular formula is C13H25ClN2O2. The maximum Gasteiger partial charge on any atom is 0.228 e. The highest BCUT2D eigenvalue weighted by atomic mass is 35.5. The van der Waals surface area contributed by atoms with Crippen molar-refractivity contribution in [3.63, 3.8) is 0 Å². The van der Waals surface area contributed by atoms with E-state index in [0.717, 1.165) is 19.5 Å². The third-order valence-electron chi connectivity index (χ3n) is 5.18. The molecule has 1 saturated heterocycles. The van der Waals surface area contributed by atoms with Gasteiger partial charge in [-0.3, -0.25) is 4.79 Å². The van der Waals surface area contributed by atoms with Crippen LogP contribution in [0.15, 0.2) is 0 Å². The summed E-state index contributed by atoms with van der Waals surface area (Å²) in [6, 6.07) is 0.292. The van der Waals surface area contributed by atoms with Crippen molar-refractivity contribution in [1.29, 1.82) is 0 Å². The molecule has 0 aromatic rings. The van der Waals surface area contributed by atoms with E-state index in [1.54, 1.807) is 7.11 Å². The molecule has 18 heavy (non-hydrogen) atoms. The summed E-state index contributed by atoms with van der Waals surface area (Å²) in [5.41, 5.74) is -0.0899. The molecule has 1 aliphatic heterocycles. The van der Waals surface area contributed by atoms with Crippen molar-refractivity contribution in [2.45, 2.75) is 38.8 Å². The van der Waals surface area contributed by atoms with Gasteiger partial charge in [0, 0.05) is 38.7 Å². The van der Waals surface area contributed by atoms with Crippen LogP contribution < -0.4 is 5.32 Å². The van der Waals surface area contributed by atoms with Gasteiger partial charge < -0.3 is 15.0 Å². The number of amides is 1. The zero-order valence-electron chi connectivity index (χ0n) is 11.9. The van der Waals surface area contributed by atoms with Gasteiger partial charge in [0.2, 0.25) is 5.91 Å². The second-order valence-corrected chi connectivity index (χ2v) is 6.18. The number of carbonyl (C=O) groups excluding carboxylic acids is 1. The topological polar surface area (TPSA) is 41.6 Å². The largest absolute Gasteiger partial charge is 0.378 e. The van der Waals surface area contributed by atoms with Crippen LogP contribution in [0.5, 0.6) is 0 Å². The summed E-state index contributed by atoms with van der Waals surface area (Å²) in [7, 11) is 3.69. The van der Waals surface area contributed by atoms with Crippen molar-refractivity contribution >= 4 is 18.3 Å². The number of halogens is 1. The first-order valence-corrected chi connectivity index (χ1v) is 6.36. The van der Waals surface area contributed by atoms with Gasteiger partial charge in [0.1, 0.15) is 0 Å². The lowest BCUT2D eigenvalue weighted by Gasteiger charge is -2.61. The van der Waals surface area contributed by atoms with Crippen LogP contribution in [-0.4, -0.2) is 49.7 Å². The number of nitrogens with one attached hydrogen (secondary N) is 1. The van der Waals surface area contributed by atoms with E-state index < -0.39 is 0 Å². The normalized spacial score (nSPS) is 33.9. The van der Waals surface area contributed by atoms with Gasteiger partial charge >= 0.3 is 0 Å². The van der Waals surface area contributed by atoms with E-state index in [-0.39, 0.29) is 35.2 Å². The van der Waals surface area contributed by atoms with E-state index in [2.05, 4.69) is 26.1 Å². The van der Waals surface area contributed by atoms with Crippen molar-refractivity contribution in [3.8, 4) is 0 Å². The SMILES string of the molecule is COC1(C)CC(N(C)C(=O)C2CNC2)C1(C)C.Cl. The number of hydrogen-bond donors (Lipinski definition) is 1. The Balaban J connectivity index is 0.00000162. The molecule has 0 aromatic heterocycles. The van der Waals surface area contributed by atoms with Gasteiger partial charge in [-0.05, 0) is 13.3 Å². The summed E-state index contributed by atoms with van der Waals surface area (Å²) < 4.78 is 5.60. The van der Waals surface area contributed by atoms with Crippen molar-refractivity contribution < 1.29 is 9.53 Å². The zero-order valence-corrected chi connectivity index (χ0v) is 12.8. The Bertz CT molecular complexity index is 331. The molecule has 4 nitrogen and oxygen atoms in total. The fourth-order valence-corrected chi connectivity index (χ4v) is 2.98. The summed E-state index contributed by atoms with van der Waals surface area (Å²) in [6.07, 6.45) is 0.929. The van der Waals surface area contributed by atoms with Crippen LogP contribution in [0, 0.1) is 11.3 Å². The first kappa shape index (κ1) is 15.7. The van der Waals surface area contributed by atoms with Crippen molar-refractivity contribution in [3.05, 3.63) is 0 Å². The Labute approximate surface area is 116 Å². The molecule has 1 amide bonds. The Morgan fingerprint density at radius 3 is 2.22 bits per heavy atom. The van der Waals surface area contributed by atoms with Gasteiger partial charge in [-0.1, -0.05) is 13.8 Å². The van der Waals surface area contributed by atoms with Crippen LogP contribution in [0.2, 0.25) is 0 Å². The molecule has 2 aliphatic rings. The smallest absolute Gasteiger partial charge is 0.228 e. The number of carbonyl (C=O) groups is 1. The lowest BCUT2D eigenvalue weighted by Crippen LogP contribution is -2.70. The first-order valence-electron chi connectivity index (χ1n) is 6.36. The minimum absolute atomic E-state index is 0. The van der Waals surface area contributed by atoms with E-state index in [1.165, 1.54) is 0 Å². The highest BCUT2D eigenvalue weighted by Crippen LogP contribution is 2.53. The Morgan fingerprint density at radius 1 is 1.33 bits per heavy atom. The third kappa shape index (κ3) is 2.04. The summed E-state index contributed by atoms with van der Waals surface area (Å²) in [6.45, 7) is 8.17. The lowest BCUT2D eigenvalue weighted by atomic mass is 9.55. The fraction of sp³-hybridized carbons (Fsp3) is 0.923. The summed E-state index contributed by atoms with van der Waals surface area (Å²) in [5.74, 6) is 0.463. The quantitative estimate of drug-likeness (QED) is 0.845. The van der Waals surface area contributed by atoms with Crippen LogP contribution in [0.3, 0.4) is 0 Å². The van der Waals surface area contributed by atoms with Gasteiger partial charge in [0.15, 0.2) is 0 Å². The molecule has 0 radical (unpaired) electrons. The van der Waals surface area contributed by atoms with E-state index in [9.17, 15) is 4.79 Å². The molecule has 2 rings (SSSR count). The number of hydrogen-bond acceptors (Lipinski definition) is 3. The fourth-order valence-electron chi connectivity index (χ4n) is 2.98. The van der Waals surface area contributed by atoms with Gasteiger partial charge in [0.05, 0.1) is 11.5 Å². The average Bonchev–Trinajstić information content (AvgIpc) is 2.21. The number of ether oxygens (including phenoxy) is 1. The molecular weight excluding hydrogens is 252 g/mol. The maximum atomic E-state index is 12.2. The molecule has 0 bridgehead atoms. The molecule has 2 atom stereocenters. The zero-order chi connectivity index (χ0) is 12.8. The van der Waals surface area contributed by atoms with E-state index in [1.807, 2.05) is 11.9 Å². The second kappa shape index (κ2) is 4.99. The Hall–Kier alpha value is -0.320. The monoisotopic (exact) mass is 276 g/mol. The molecule has 0 aromatic carbocycles. The molecule has 106 valence electrons. The van der Waals surface area contributed by atoms with Gasteiger partial charge in [-0.2, -0.15) is 0 Å². The minimum atomic E-state index is -0.107. The highest BCUT2D eigenvalue weighted by Gasteiger charge is 2.60. The molecule has 5 heteroatoms. The van der Waals surface area contributed by atoms with Gasteiger partial charge in [-0.25, -0.2) is 0 Å². The Kier molecular flexibility index (Phi) is 4.36. The summed E-state index contributed by atoms with van der Waals surface area (Å²) in [5, 5.41) is 3.15. The van der Waals surface area contributed by atoms with Crippen LogP contribution in [0.1, 0.15) is 27.2 Å². The van der Waals surface area contributed by atoms with Crippen LogP contribution in [0.4, 0.5) is 0 Å². The average molecular weight is 277 g/mol. The van der Waals surface area contributed by atoms with E-state index in [4.69, 9.17) is 4.74 Å². The van der Waals surface area contributed by atoms with Crippen LogP contribution in [-0.2, 0) is 9.53 Å². The molecule has 1 aliphatic carbocycles. The maximum absolute atomic E-state index is 12.2. The second-order valence-electron chi connectivity index (χ2n) is 6.18. The minimum Gasteiger partial charge on any atom is -0.378 e. The molecule has 1 saturated carbocycles. The molecule has 2 fully saturated rings. The number of rotatable bonds is 3. The van der Waals surface area contributed by atoms with Gasteiger partial charge in [0.25, 0.3) is 0 Å². The molecule has 2 unspecified atom stereocenters. The molecule has 1 heterocycles. The third-order valence-corrected chi connectivity index (χ3v) is 5.18. The molecule has 1 N–H and O–H groups in total. The first-order chi connectivity index (χ1) is 7.83. The predicted molar refractivity (Wildman–Crippen MR) is 74.0 cm³/mol. The van der Waals surface area contributed by atoms with Crippen molar-refractivity contribution in [2.24, 2.45) is 11.3 Å². The van der Waals surface area contributed by atoms with E-state index in [0.29, 0.717) is 6.04 Å². The number of nitrogens with zero attached hydrogens (tertiary/aromatic N) is 1. The predicted octanol–water partition coefficient (Wildman–Crippen LogP) is 1.29. The van der Waals surface area contributed by atoms with Gasteiger partial charge in [-0.15, -0.1) is 12.4 Å². The molecule has 0 spiro atoms. The summed E-state index contributed by atoms with van der Waals surface area (Å²) >= 11 is 0. The Morgan fingerprint density at radius 2 is 1.89 bits per heavy atom. The van der Waals surface area contributed by atoms with Crippen LogP contribution >= 0.6 is 12.4 Å². The van der Waals surface area contributed by atoms with E-state index >= 15 is 0 Å². The van der Waals surface area contributed by atoms with Crippen LogP contribution in [0.25, 0.3) is 0 Å². The van der Waals surface area contributed by atoms with Crippen molar-refractivity contribution in [1.82, 2.24) is 10.2 Å². The number of methoxy groups -OCH3 is 1. The van der Waals surface area contributed by atoms with Crippen molar-refractivity contribution in [2.75, 3.05) is 27.2 Å².